The Balaban J connectivity index is 2.12. The van der Waals surface area contributed by atoms with Crippen LogP contribution in [-0.4, -0.2) is 8.07 Å². The molecule has 0 bridgehead atoms. The molecule has 0 N–H and O–H groups in total. The molecule has 0 spiro atoms. The quantitative estimate of drug-likeness (QED) is 0.377. The van der Waals surface area contributed by atoms with Gasteiger partial charge in [0.05, 0.1) is 8.07 Å². The highest BCUT2D eigenvalue weighted by molar-refractivity contribution is 6.89. The van der Waals surface area contributed by atoms with Crippen molar-refractivity contribution in [3.63, 3.8) is 0 Å². The summed E-state index contributed by atoms with van der Waals surface area (Å²) < 4.78 is 0. The maximum atomic E-state index is 2.52. The van der Waals surface area contributed by atoms with E-state index >= 15 is 0 Å². The maximum Gasteiger partial charge on any atom is 0.0806 e. The molecule has 1 rings (SSSR count). The van der Waals surface area contributed by atoms with E-state index in [1.807, 2.05) is 0 Å². The minimum absolute atomic E-state index is 1.16. The van der Waals surface area contributed by atoms with Gasteiger partial charge in [0.15, 0.2) is 0 Å². The summed E-state index contributed by atoms with van der Waals surface area (Å²) in [7, 11) is -1.16. The van der Waals surface area contributed by atoms with Crippen LogP contribution in [0.5, 0.6) is 0 Å². The van der Waals surface area contributed by atoms with Gasteiger partial charge in [0.25, 0.3) is 0 Å². The molecular formula is C18H32Si. The van der Waals surface area contributed by atoms with Crippen LogP contribution in [0.1, 0.15) is 58.3 Å². The first kappa shape index (κ1) is 16.5. The molecule has 108 valence electrons. The number of benzene rings is 1. The van der Waals surface area contributed by atoms with Crippen LogP contribution in [0.3, 0.4) is 0 Å². The highest BCUT2D eigenvalue weighted by atomic mass is 28.3. The highest BCUT2D eigenvalue weighted by Gasteiger charge is 2.21. The van der Waals surface area contributed by atoms with Crippen molar-refractivity contribution in [2.75, 3.05) is 0 Å². The van der Waals surface area contributed by atoms with Gasteiger partial charge < -0.3 is 0 Å². The fourth-order valence-corrected chi connectivity index (χ4v) is 5.25. The second kappa shape index (κ2) is 9.36. The van der Waals surface area contributed by atoms with E-state index in [4.69, 9.17) is 0 Å². The molecule has 0 heterocycles. The summed E-state index contributed by atoms with van der Waals surface area (Å²) in [5, 5.41) is 1.62. The molecule has 1 aromatic carbocycles. The van der Waals surface area contributed by atoms with Gasteiger partial charge in [0.2, 0.25) is 0 Å². The molecule has 0 aliphatic carbocycles. The third kappa shape index (κ3) is 6.96. The van der Waals surface area contributed by atoms with E-state index in [0.29, 0.717) is 0 Å². The Morgan fingerprint density at radius 3 is 1.84 bits per heavy atom. The first-order valence-electron chi connectivity index (χ1n) is 8.22. The Morgan fingerprint density at radius 2 is 1.26 bits per heavy atom. The first-order valence-corrected chi connectivity index (χ1v) is 11.4. The summed E-state index contributed by atoms with van der Waals surface area (Å²) in [4.78, 5) is 0. The molecule has 0 radical (unpaired) electrons. The summed E-state index contributed by atoms with van der Waals surface area (Å²) in [5.74, 6) is 0. The predicted molar refractivity (Wildman–Crippen MR) is 91.0 cm³/mol. The molecule has 0 atom stereocenters. The van der Waals surface area contributed by atoms with Gasteiger partial charge in [-0.25, -0.2) is 0 Å². The zero-order valence-electron chi connectivity index (χ0n) is 13.3. The van der Waals surface area contributed by atoms with Crippen LogP contribution in [0.25, 0.3) is 0 Å². The normalized spacial score (nSPS) is 11.7. The topological polar surface area (TPSA) is 0 Å². The standard InChI is InChI=1S/C18H32Si/c1-4-5-6-7-8-9-10-14-17-19(2,3)18-15-12-11-13-16-18/h11-13,15-16H,4-10,14,17H2,1-3H3. The monoisotopic (exact) mass is 276 g/mol. The molecule has 0 aliphatic heterocycles. The lowest BCUT2D eigenvalue weighted by atomic mass is 10.1. The van der Waals surface area contributed by atoms with E-state index in [0.717, 1.165) is 0 Å². The SMILES string of the molecule is CCCCCCCCCC[Si](C)(C)c1ccccc1. The van der Waals surface area contributed by atoms with E-state index in [1.165, 1.54) is 57.4 Å². The van der Waals surface area contributed by atoms with Crippen LogP contribution < -0.4 is 5.19 Å². The number of unbranched alkanes of at least 4 members (excludes halogenated alkanes) is 7. The van der Waals surface area contributed by atoms with E-state index < -0.39 is 8.07 Å². The van der Waals surface area contributed by atoms with Gasteiger partial charge >= 0.3 is 0 Å². The van der Waals surface area contributed by atoms with Crippen molar-refractivity contribution >= 4 is 13.3 Å². The lowest BCUT2D eigenvalue weighted by Gasteiger charge is -2.22. The van der Waals surface area contributed by atoms with Gasteiger partial charge in [-0.1, -0.05) is 113 Å². The zero-order chi connectivity index (χ0) is 14.0. The number of hydrogen-bond donors (Lipinski definition) is 0. The molecule has 0 unspecified atom stereocenters. The molecule has 0 amide bonds. The van der Waals surface area contributed by atoms with Gasteiger partial charge in [-0.3, -0.25) is 0 Å². The fourth-order valence-electron chi connectivity index (χ4n) is 2.73. The summed E-state index contributed by atoms with van der Waals surface area (Å²) in [5.41, 5.74) is 0. The van der Waals surface area contributed by atoms with Crippen LogP contribution in [0.2, 0.25) is 19.1 Å². The molecule has 0 fully saturated rings. The van der Waals surface area contributed by atoms with Crippen molar-refractivity contribution in [1.29, 1.82) is 0 Å². The lowest BCUT2D eigenvalue weighted by molar-refractivity contribution is 0.584. The number of hydrogen-bond acceptors (Lipinski definition) is 0. The van der Waals surface area contributed by atoms with Crippen LogP contribution in [0.4, 0.5) is 0 Å². The molecule has 0 saturated heterocycles. The summed E-state index contributed by atoms with van der Waals surface area (Å²) in [6, 6.07) is 12.6. The fraction of sp³-hybridized carbons (Fsp3) is 0.667. The largest absolute Gasteiger partial charge is 0.0806 e. The van der Waals surface area contributed by atoms with Gasteiger partial charge in [0.1, 0.15) is 0 Å². The number of rotatable bonds is 10. The van der Waals surface area contributed by atoms with Crippen LogP contribution >= 0.6 is 0 Å². The third-order valence-corrected chi connectivity index (χ3v) is 7.71. The average molecular weight is 277 g/mol. The molecular weight excluding hydrogens is 244 g/mol. The summed E-state index contributed by atoms with van der Waals surface area (Å²) in [6.45, 7) is 7.32. The molecule has 1 aromatic rings. The van der Waals surface area contributed by atoms with Crippen LogP contribution in [0.15, 0.2) is 30.3 Å². The first-order chi connectivity index (χ1) is 9.17. The van der Waals surface area contributed by atoms with Gasteiger partial charge in [-0.15, -0.1) is 0 Å². The van der Waals surface area contributed by atoms with Crippen LogP contribution in [0, 0.1) is 0 Å². The Labute approximate surface area is 121 Å². The van der Waals surface area contributed by atoms with Crippen LogP contribution in [-0.2, 0) is 0 Å². The van der Waals surface area contributed by atoms with Crippen molar-refractivity contribution in [2.45, 2.75) is 77.4 Å². The Kier molecular flexibility index (Phi) is 8.12. The smallest absolute Gasteiger partial charge is 0.0654 e. The third-order valence-electron chi connectivity index (χ3n) is 4.21. The van der Waals surface area contributed by atoms with Crippen molar-refractivity contribution in [1.82, 2.24) is 0 Å². The second-order valence-corrected chi connectivity index (χ2v) is 11.3. The average Bonchev–Trinajstić information content (AvgIpc) is 2.43. The Hall–Kier alpha value is -0.563. The zero-order valence-corrected chi connectivity index (χ0v) is 14.3. The van der Waals surface area contributed by atoms with Gasteiger partial charge in [0, 0.05) is 0 Å². The van der Waals surface area contributed by atoms with E-state index in [2.05, 4.69) is 50.3 Å². The Morgan fingerprint density at radius 1 is 0.737 bits per heavy atom. The molecule has 0 aliphatic rings. The summed E-state index contributed by atoms with van der Waals surface area (Å²) >= 11 is 0. The van der Waals surface area contributed by atoms with Crippen molar-refractivity contribution in [3.05, 3.63) is 30.3 Å². The Bertz CT molecular complexity index is 316. The van der Waals surface area contributed by atoms with Gasteiger partial charge in [-0.2, -0.15) is 0 Å². The van der Waals surface area contributed by atoms with Gasteiger partial charge in [-0.05, 0) is 0 Å². The second-order valence-electron chi connectivity index (χ2n) is 6.47. The predicted octanol–water partition coefficient (Wildman–Crippen LogP) is 5.74. The van der Waals surface area contributed by atoms with Crippen molar-refractivity contribution in [3.8, 4) is 0 Å². The molecule has 0 saturated carbocycles. The molecule has 0 nitrogen and oxygen atoms in total. The maximum absolute atomic E-state index is 2.52. The molecule has 19 heavy (non-hydrogen) atoms. The van der Waals surface area contributed by atoms with E-state index in [-0.39, 0.29) is 0 Å². The summed E-state index contributed by atoms with van der Waals surface area (Å²) in [6.07, 6.45) is 11.5. The molecule has 0 aromatic heterocycles. The minimum Gasteiger partial charge on any atom is -0.0654 e. The highest BCUT2D eigenvalue weighted by Crippen LogP contribution is 2.16. The minimum atomic E-state index is -1.16. The van der Waals surface area contributed by atoms with Crippen molar-refractivity contribution in [2.24, 2.45) is 0 Å². The van der Waals surface area contributed by atoms with E-state index in [1.54, 1.807) is 5.19 Å². The van der Waals surface area contributed by atoms with Crippen molar-refractivity contribution < 1.29 is 0 Å². The molecule has 1 heteroatoms. The lowest BCUT2D eigenvalue weighted by Crippen LogP contribution is -2.40. The van der Waals surface area contributed by atoms with E-state index in [9.17, 15) is 0 Å².